The Morgan fingerprint density at radius 1 is 1.05 bits per heavy atom. The molecular formula is C13H12N2O5. The number of aliphatic carboxylic acids is 2. The number of carboxylic acids is 2. The van der Waals surface area contributed by atoms with E-state index >= 15 is 0 Å². The molecule has 0 fully saturated rings. The first-order valence-corrected chi connectivity index (χ1v) is 5.78. The fraction of sp³-hybridized carbons (Fsp3) is 0.154. The summed E-state index contributed by atoms with van der Waals surface area (Å²) >= 11 is 0. The first kappa shape index (κ1) is 13.6. The Morgan fingerprint density at radius 2 is 1.65 bits per heavy atom. The lowest BCUT2D eigenvalue weighted by molar-refractivity contribution is -0.140. The summed E-state index contributed by atoms with van der Waals surface area (Å²) in [6.07, 6.45) is 1.45. The molecule has 0 radical (unpaired) electrons. The van der Waals surface area contributed by atoms with E-state index in [1.165, 1.54) is 6.20 Å². The molecule has 3 N–H and O–H groups in total. The third-order valence-corrected chi connectivity index (χ3v) is 2.76. The second kappa shape index (κ2) is 5.43. The van der Waals surface area contributed by atoms with Crippen molar-refractivity contribution in [1.29, 1.82) is 0 Å². The summed E-state index contributed by atoms with van der Waals surface area (Å²) in [5, 5.41) is 18.1. The summed E-state index contributed by atoms with van der Waals surface area (Å²) in [6.45, 7) is -1.32. The van der Waals surface area contributed by atoms with Gasteiger partial charge in [-0.05, 0) is 6.07 Å². The number of amides is 1. The first-order chi connectivity index (χ1) is 9.49. The molecule has 7 heteroatoms. The van der Waals surface area contributed by atoms with Crippen LogP contribution in [0, 0.1) is 0 Å². The first-order valence-electron chi connectivity index (χ1n) is 5.78. The van der Waals surface area contributed by atoms with Crippen LogP contribution in [0.1, 0.15) is 10.4 Å². The summed E-state index contributed by atoms with van der Waals surface area (Å²) in [6, 6.07) is 7.01. The molecule has 1 heterocycles. The molecule has 0 unspecified atom stereocenters. The number of hydrogen-bond acceptors (Lipinski definition) is 3. The number of nitrogens with one attached hydrogen (secondary N) is 1. The molecule has 1 aromatic carbocycles. The van der Waals surface area contributed by atoms with Gasteiger partial charge in [0.05, 0.1) is 5.56 Å². The molecule has 2 rings (SSSR count). The number of hydrogen-bond donors (Lipinski definition) is 3. The number of carbonyl (C=O) groups is 3. The van der Waals surface area contributed by atoms with Crippen LogP contribution >= 0.6 is 0 Å². The minimum atomic E-state index is -1.26. The summed E-state index contributed by atoms with van der Waals surface area (Å²) in [5.41, 5.74) is 0.976. The van der Waals surface area contributed by atoms with E-state index in [0.29, 0.717) is 5.39 Å². The second-order valence-corrected chi connectivity index (χ2v) is 4.20. The third-order valence-electron chi connectivity index (χ3n) is 2.76. The molecule has 20 heavy (non-hydrogen) atoms. The van der Waals surface area contributed by atoms with Gasteiger partial charge in [-0.15, -0.1) is 0 Å². The Hall–Kier alpha value is -2.83. The van der Waals surface area contributed by atoms with E-state index in [2.05, 4.69) is 4.98 Å². The number of fused-ring (bicyclic) bond motifs is 1. The predicted octanol–water partition coefficient (Wildman–Crippen LogP) is 0.779. The quantitative estimate of drug-likeness (QED) is 0.747. The predicted molar refractivity (Wildman–Crippen MR) is 69.5 cm³/mol. The summed E-state index contributed by atoms with van der Waals surface area (Å²) < 4.78 is 0. The zero-order chi connectivity index (χ0) is 14.7. The highest BCUT2D eigenvalue weighted by molar-refractivity contribution is 6.07. The van der Waals surface area contributed by atoms with Gasteiger partial charge in [0, 0.05) is 17.1 Å². The molecule has 104 valence electrons. The maximum atomic E-state index is 12.3. The van der Waals surface area contributed by atoms with Gasteiger partial charge in [-0.1, -0.05) is 18.2 Å². The fourth-order valence-electron chi connectivity index (χ4n) is 1.94. The molecule has 7 nitrogen and oxygen atoms in total. The molecule has 0 saturated carbocycles. The van der Waals surface area contributed by atoms with Crippen LogP contribution in [0.3, 0.4) is 0 Å². The minimum Gasteiger partial charge on any atom is -0.480 e. The van der Waals surface area contributed by atoms with Crippen molar-refractivity contribution < 1.29 is 24.6 Å². The SMILES string of the molecule is O=C(O)CN(CC(=O)O)C(=O)c1c[nH]c2ccccc12. The van der Waals surface area contributed by atoms with Crippen molar-refractivity contribution in [3.63, 3.8) is 0 Å². The number of aromatic amines is 1. The van der Waals surface area contributed by atoms with E-state index in [1.807, 2.05) is 0 Å². The largest absolute Gasteiger partial charge is 0.480 e. The van der Waals surface area contributed by atoms with Crippen molar-refractivity contribution in [2.75, 3.05) is 13.1 Å². The maximum Gasteiger partial charge on any atom is 0.323 e. The smallest absolute Gasteiger partial charge is 0.323 e. The Kier molecular flexibility index (Phi) is 3.69. The normalized spacial score (nSPS) is 10.4. The van der Waals surface area contributed by atoms with Gasteiger partial charge in [-0.2, -0.15) is 0 Å². The fourth-order valence-corrected chi connectivity index (χ4v) is 1.94. The average molecular weight is 276 g/mol. The van der Waals surface area contributed by atoms with Gasteiger partial charge in [-0.3, -0.25) is 14.4 Å². The molecule has 0 aliphatic heterocycles. The summed E-state index contributed by atoms with van der Waals surface area (Å²) in [5.74, 6) is -3.16. The van der Waals surface area contributed by atoms with Crippen LogP contribution in [-0.2, 0) is 9.59 Å². The highest BCUT2D eigenvalue weighted by atomic mass is 16.4. The molecule has 1 amide bonds. The highest BCUT2D eigenvalue weighted by Crippen LogP contribution is 2.19. The molecule has 0 spiro atoms. The number of carboxylic acid groups (broad SMARTS) is 2. The van der Waals surface area contributed by atoms with Crippen molar-refractivity contribution in [1.82, 2.24) is 9.88 Å². The molecule has 0 aliphatic carbocycles. The Bertz CT molecular complexity index is 660. The topological polar surface area (TPSA) is 111 Å². The lowest BCUT2D eigenvalue weighted by Crippen LogP contribution is -2.39. The zero-order valence-electron chi connectivity index (χ0n) is 10.4. The van der Waals surface area contributed by atoms with Crippen molar-refractivity contribution in [2.24, 2.45) is 0 Å². The number of aromatic nitrogens is 1. The number of H-pyrrole nitrogens is 1. The number of para-hydroxylation sites is 1. The van der Waals surface area contributed by atoms with Crippen LogP contribution in [-0.4, -0.2) is 51.0 Å². The van der Waals surface area contributed by atoms with E-state index in [9.17, 15) is 14.4 Å². The summed E-state index contributed by atoms with van der Waals surface area (Å²) in [7, 11) is 0. The van der Waals surface area contributed by atoms with Gasteiger partial charge in [0.15, 0.2) is 0 Å². The van der Waals surface area contributed by atoms with E-state index < -0.39 is 30.9 Å². The van der Waals surface area contributed by atoms with Crippen molar-refractivity contribution in [2.45, 2.75) is 0 Å². The molecule has 0 aliphatic rings. The number of nitrogens with zero attached hydrogens (tertiary/aromatic N) is 1. The monoisotopic (exact) mass is 276 g/mol. The third kappa shape index (κ3) is 2.77. The Labute approximate surface area is 113 Å². The van der Waals surface area contributed by atoms with Gasteiger partial charge in [0.25, 0.3) is 5.91 Å². The molecule has 0 atom stereocenters. The lowest BCUT2D eigenvalue weighted by atomic mass is 10.1. The van der Waals surface area contributed by atoms with Crippen molar-refractivity contribution in [3.05, 3.63) is 36.0 Å². The van der Waals surface area contributed by atoms with Crippen molar-refractivity contribution in [3.8, 4) is 0 Å². The van der Waals surface area contributed by atoms with Crippen LogP contribution < -0.4 is 0 Å². The van der Waals surface area contributed by atoms with Crippen LogP contribution in [0.4, 0.5) is 0 Å². The summed E-state index contributed by atoms with van der Waals surface area (Å²) in [4.78, 5) is 37.4. The number of benzene rings is 1. The van der Waals surface area contributed by atoms with Gasteiger partial charge < -0.3 is 20.1 Å². The number of rotatable bonds is 5. The molecule has 0 saturated heterocycles. The average Bonchev–Trinajstić information content (AvgIpc) is 2.79. The Morgan fingerprint density at radius 3 is 2.25 bits per heavy atom. The van der Waals surface area contributed by atoms with Gasteiger partial charge in [0.1, 0.15) is 13.1 Å². The van der Waals surface area contributed by atoms with E-state index in [0.717, 1.165) is 10.4 Å². The Balaban J connectivity index is 2.35. The van der Waals surface area contributed by atoms with Gasteiger partial charge in [-0.25, -0.2) is 0 Å². The van der Waals surface area contributed by atoms with Crippen LogP contribution in [0.15, 0.2) is 30.5 Å². The molecule has 1 aromatic heterocycles. The van der Waals surface area contributed by atoms with E-state index in [4.69, 9.17) is 10.2 Å². The molecule has 0 bridgehead atoms. The second-order valence-electron chi connectivity index (χ2n) is 4.20. The maximum absolute atomic E-state index is 12.3. The molecule has 2 aromatic rings. The van der Waals surface area contributed by atoms with E-state index in [-0.39, 0.29) is 5.56 Å². The van der Waals surface area contributed by atoms with Crippen molar-refractivity contribution >= 4 is 28.7 Å². The minimum absolute atomic E-state index is 0.253. The van der Waals surface area contributed by atoms with Gasteiger partial charge >= 0.3 is 11.9 Å². The molecular weight excluding hydrogens is 264 g/mol. The van der Waals surface area contributed by atoms with Crippen LogP contribution in [0.2, 0.25) is 0 Å². The zero-order valence-corrected chi connectivity index (χ0v) is 10.4. The van der Waals surface area contributed by atoms with Gasteiger partial charge in [0.2, 0.25) is 0 Å². The van der Waals surface area contributed by atoms with Crippen LogP contribution in [0.5, 0.6) is 0 Å². The lowest BCUT2D eigenvalue weighted by Gasteiger charge is -2.17. The standard InChI is InChI=1S/C13H12N2O5/c16-11(17)6-15(7-12(18)19)13(20)9-5-14-10-4-2-1-3-8(9)10/h1-5,14H,6-7H2,(H,16,17)(H,18,19). The number of carbonyl (C=O) groups excluding carboxylic acids is 1. The van der Waals surface area contributed by atoms with E-state index in [1.54, 1.807) is 24.3 Å². The highest BCUT2D eigenvalue weighted by Gasteiger charge is 2.23. The van der Waals surface area contributed by atoms with Crippen LogP contribution in [0.25, 0.3) is 10.9 Å².